The second-order valence-corrected chi connectivity index (χ2v) is 9.26. The van der Waals surface area contributed by atoms with Crippen LogP contribution < -0.4 is 5.32 Å². The minimum Gasteiger partial charge on any atom is -0.313 e. The van der Waals surface area contributed by atoms with E-state index in [9.17, 15) is 8.42 Å². The molecule has 0 aromatic carbocycles. The zero-order valence-corrected chi connectivity index (χ0v) is 13.5. The van der Waals surface area contributed by atoms with Crippen molar-refractivity contribution >= 4 is 33.0 Å². The van der Waals surface area contributed by atoms with Gasteiger partial charge in [0.15, 0.2) is 0 Å². The van der Waals surface area contributed by atoms with Gasteiger partial charge in [-0.25, -0.2) is 8.42 Å². The number of halogens is 1. The molecule has 0 saturated heterocycles. The molecule has 1 aromatic heterocycles. The van der Waals surface area contributed by atoms with Gasteiger partial charge in [-0.1, -0.05) is 11.6 Å². The molecule has 108 valence electrons. The minimum absolute atomic E-state index is 0.382. The van der Waals surface area contributed by atoms with Gasteiger partial charge in [-0.3, -0.25) is 0 Å². The standard InChI is InChI=1S/C12H19ClN2O2S2/c1-9(7-14-10-3-4-10)19(16,17)15(2)8-11-5-6-12(13)18-11/h5-6,9-10,14H,3-4,7-8H2,1-2H3. The summed E-state index contributed by atoms with van der Waals surface area (Å²) >= 11 is 7.27. The van der Waals surface area contributed by atoms with Crippen LogP contribution >= 0.6 is 22.9 Å². The van der Waals surface area contributed by atoms with Crippen LogP contribution in [0, 0.1) is 0 Å². The fraction of sp³-hybridized carbons (Fsp3) is 0.667. The molecule has 1 unspecified atom stereocenters. The van der Waals surface area contributed by atoms with Crippen LogP contribution in [0.3, 0.4) is 0 Å². The molecule has 1 N–H and O–H groups in total. The van der Waals surface area contributed by atoms with Gasteiger partial charge in [-0.15, -0.1) is 11.3 Å². The maximum absolute atomic E-state index is 12.3. The van der Waals surface area contributed by atoms with Crippen LogP contribution in [0.15, 0.2) is 12.1 Å². The van der Waals surface area contributed by atoms with Crippen LogP contribution in [0.5, 0.6) is 0 Å². The zero-order chi connectivity index (χ0) is 14.0. The van der Waals surface area contributed by atoms with E-state index in [1.807, 2.05) is 6.07 Å². The predicted octanol–water partition coefficient (Wildman–Crippen LogP) is 2.30. The van der Waals surface area contributed by atoms with Gasteiger partial charge in [0.05, 0.1) is 9.59 Å². The average molecular weight is 323 g/mol. The van der Waals surface area contributed by atoms with E-state index < -0.39 is 15.3 Å². The second-order valence-electron chi connectivity index (χ2n) is 5.00. The number of hydrogen-bond donors (Lipinski definition) is 1. The fourth-order valence-electron chi connectivity index (χ4n) is 1.78. The van der Waals surface area contributed by atoms with Gasteiger partial charge in [-0.2, -0.15) is 4.31 Å². The van der Waals surface area contributed by atoms with Crippen molar-refractivity contribution in [3.05, 3.63) is 21.3 Å². The van der Waals surface area contributed by atoms with Gasteiger partial charge in [0.2, 0.25) is 10.0 Å². The van der Waals surface area contributed by atoms with E-state index in [0.29, 0.717) is 23.5 Å². The summed E-state index contributed by atoms with van der Waals surface area (Å²) in [6, 6.07) is 4.19. The van der Waals surface area contributed by atoms with Crippen molar-refractivity contribution in [2.45, 2.75) is 37.6 Å². The third-order valence-corrected chi connectivity index (χ3v) is 6.62. The molecule has 0 bridgehead atoms. The molecular weight excluding hydrogens is 304 g/mol. The van der Waals surface area contributed by atoms with Crippen molar-refractivity contribution in [2.24, 2.45) is 0 Å². The Morgan fingerprint density at radius 3 is 2.74 bits per heavy atom. The SMILES string of the molecule is CC(CNC1CC1)S(=O)(=O)N(C)Cc1ccc(Cl)s1. The molecular formula is C12H19ClN2O2S2. The zero-order valence-electron chi connectivity index (χ0n) is 11.1. The lowest BCUT2D eigenvalue weighted by Gasteiger charge is -2.21. The van der Waals surface area contributed by atoms with E-state index in [2.05, 4.69) is 5.32 Å². The third-order valence-electron chi connectivity index (χ3n) is 3.22. The molecule has 1 fully saturated rings. The molecule has 0 aliphatic heterocycles. The van der Waals surface area contributed by atoms with Crippen molar-refractivity contribution in [1.82, 2.24) is 9.62 Å². The molecule has 1 atom stereocenters. The summed E-state index contributed by atoms with van der Waals surface area (Å²) in [5, 5.41) is 2.85. The molecule has 19 heavy (non-hydrogen) atoms. The Morgan fingerprint density at radius 1 is 1.53 bits per heavy atom. The first-order chi connectivity index (χ1) is 8.89. The van der Waals surface area contributed by atoms with E-state index >= 15 is 0 Å². The summed E-state index contributed by atoms with van der Waals surface area (Å²) in [5.41, 5.74) is 0. The summed E-state index contributed by atoms with van der Waals surface area (Å²) < 4.78 is 26.8. The fourth-order valence-corrected chi connectivity index (χ4v) is 4.24. The van der Waals surface area contributed by atoms with E-state index in [4.69, 9.17) is 11.6 Å². The van der Waals surface area contributed by atoms with Crippen LogP contribution in [0.25, 0.3) is 0 Å². The molecule has 0 spiro atoms. The van der Waals surface area contributed by atoms with Gasteiger partial charge in [0.25, 0.3) is 0 Å². The lowest BCUT2D eigenvalue weighted by Crippen LogP contribution is -2.40. The maximum atomic E-state index is 12.3. The Balaban J connectivity index is 1.92. The summed E-state index contributed by atoms with van der Waals surface area (Å²) in [6.45, 7) is 2.65. The Morgan fingerprint density at radius 2 is 2.21 bits per heavy atom. The molecule has 1 aliphatic rings. The monoisotopic (exact) mass is 322 g/mol. The molecule has 0 amide bonds. The van der Waals surface area contributed by atoms with E-state index in [-0.39, 0.29) is 0 Å². The molecule has 1 saturated carbocycles. The Labute approximate surface area is 123 Å². The average Bonchev–Trinajstić information content (AvgIpc) is 3.09. The Hall–Kier alpha value is -0.140. The lowest BCUT2D eigenvalue weighted by molar-refractivity contribution is 0.456. The maximum Gasteiger partial charge on any atom is 0.218 e. The van der Waals surface area contributed by atoms with Crippen LogP contribution in [0.2, 0.25) is 4.34 Å². The van der Waals surface area contributed by atoms with E-state index in [1.165, 1.54) is 15.6 Å². The van der Waals surface area contributed by atoms with Crippen molar-refractivity contribution < 1.29 is 8.42 Å². The van der Waals surface area contributed by atoms with Crippen molar-refractivity contribution in [2.75, 3.05) is 13.6 Å². The smallest absolute Gasteiger partial charge is 0.218 e. The van der Waals surface area contributed by atoms with Crippen molar-refractivity contribution in [1.29, 1.82) is 0 Å². The third kappa shape index (κ3) is 4.16. The second kappa shape index (κ2) is 6.10. The van der Waals surface area contributed by atoms with Crippen molar-refractivity contribution in [3.8, 4) is 0 Å². The van der Waals surface area contributed by atoms with Crippen LogP contribution in [0.1, 0.15) is 24.6 Å². The van der Waals surface area contributed by atoms with Gasteiger partial charge < -0.3 is 5.32 Å². The van der Waals surface area contributed by atoms with Gasteiger partial charge in [0, 0.05) is 31.1 Å². The van der Waals surface area contributed by atoms with Gasteiger partial charge in [0.1, 0.15) is 0 Å². The first-order valence-electron chi connectivity index (χ1n) is 6.32. The number of rotatable bonds is 7. The lowest BCUT2D eigenvalue weighted by atomic mass is 10.4. The highest BCUT2D eigenvalue weighted by atomic mass is 35.5. The molecule has 2 rings (SSSR count). The first-order valence-corrected chi connectivity index (χ1v) is 9.02. The number of nitrogens with one attached hydrogen (secondary N) is 1. The Kier molecular flexibility index (Phi) is 4.89. The number of sulfonamides is 1. The highest BCUT2D eigenvalue weighted by Crippen LogP contribution is 2.24. The largest absolute Gasteiger partial charge is 0.313 e. The summed E-state index contributed by atoms with van der Waals surface area (Å²) in [5.74, 6) is 0. The number of thiophene rings is 1. The quantitative estimate of drug-likeness (QED) is 0.838. The van der Waals surface area contributed by atoms with Crippen molar-refractivity contribution in [3.63, 3.8) is 0 Å². The molecule has 0 radical (unpaired) electrons. The molecule has 1 aliphatic carbocycles. The molecule has 4 nitrogen and oxygen atoms in total. The summed E-state index contributed by atoms with van der Waals surface area (Å²) in [4.78, 5) is 0.957. The number of hydrogen-bond acceptors (Lipinski definition) is 4. The Bertz CT molecular complexity index is 526. The van der Waals surface area contributed by atoms with E-state index in [1.54, 1.807) is 20.0 Å². The molecule has 7 heteroatoms. The highest BCUT2D eigenvalue weighted by molar-refractivity contribution is 7.89. The molecule has 1 heterocycles. The molecule has 1 aromatic rings. The van der Waals surface area contributed by atoms with Crippen LogP contribution in [-0.4, -0.2) is 37.6 Å². The van der Waals surface area contributed by atoms with Gasteiger partial charge in [-0.05, 0) is 31.9 Å². The number of nitrogens with zero attached hydrogens (tertiary/aromatic N) is 1. The van der Waals surface area contributed by atoms with Crippen LogP contribution in [0.4, 0.5) is 0 Å². The minimum atomic E-state index is -3.26. The normalized spacial score (nSPS) is 17.9. The first kappa shape index (κ1) is 15.3. The summed E-state index contributed by atoms with van der Waals surface area (Å²) in [6.07, 6.45) is 2.33. The predicted molar refractivity (Wildman–Crippen MR) is 80.2 cm³/mol. The topological polar surface area (TPSA) is 49.4 Å². The van der Waals surface area contributed by atoms with E-state index in [0.717, 1.165) is 17.7 Å². The highest BCUT2D eigenvalue weighted by Gasteiger charge is 2.28. The van der Waals surface area contributed by atoms with Gasteiger partial charge >= 0.3 is 0 Å². The van der Waals surface area contributed by atoms with Crippen LogP contribution in [-0.2, 0) is 16.6 Å². The summed E-state index contributed by atoms with van der Waals surface area (Å²) in [7, 11) is -1.64.